The van der Waals surface area contributed by atoms with Gasteiger partial charge < -0.3 is 9.47 Å². The predicted octanol–water partition coefficient (Wildman–Crippen LogP) is 2.70. The van der Waals surface area contributed by atoms with Crippen molar-refractivity contribution in [3.05, 3.63) is 35.9 Å². The number of methoxy groups -OCH3 is 2. The van der Waals surface area contributed by atoms with Crippen molar-refractivity contribution in [2.45, 2.75) is 6.92 Å². The summed E-state index contributed by atoms with van der Waals surface area (Å²) in [5.74, 6) is 1.70. The van der Waals surface area contributed by atoms with E-state index in [1.54, 1.807) is 14.2 Å². The van der Waals surface area contributed by atoms with Crippen molar-refractivity contribution in [2.24, 2.45) is 0 Å². The van der Waals surface area contributed by atoms with Crippen LogP contribution in [0.3, 0.4) is 0 Å². The van der Waals surface area contributed by atoms with E-state index in [-0.39, 0.29) is 0 Å². The summed E-state index contributed by atoms with van der Waals surface area (Å²) in [6.07, 6.45) is 1.93. The van der Waals surface area contributed by atoms with Crippen LogP contribution < -0.4 is 4.74 Å². The maximum atomic E-state index is 5.19. The lowest BCUT2D eigenvalue weighted by Gasteiger charge is -2.06. The second-order valence-corrected chi connectivity index (χ2v) is 2.59. The first-order valence-electron chi connectivity index (χ1n) is 4.16. The van der Waals surface area contributed by atoms with Crippen molar-refractivity contribution in [1.29, 1.82) is 0 Å². The van der Waals surface area contributed by atoms with Crippen molar-refractivity contribution in [3.8, 4) is 5.75 Å². The van der Waals surface area contributed by atoms with Crippen LogP contribution in [-0.4, -0.2) is 14.2 Å². The molecule has 2 heteroatoms. The highest BCUT2D eigenvalue weighted by Crippen LogP contribution is 2.19. The van der Waals surface area contributed by atoms with Gasteiger partial charge in [0.25, 0.3) is 0 Å². The molecule has 0 saturated carbocycles. The predicted molar refractivity (Wildman–Crippen MR) is 53.7 cm³/mol. The third-order valence-electron chi connectivity index (χ3n) is 1.84. The lowest BCUT2D eigenvalue weighted by atomic mass is 10.2. The van der Waals surface area contributed by atoms with Crippen molar-refractivity contribution in [3.63, 3.8) is 0 Å². The molecule has 2 nitrogen and oxygen atoms in total. The monoisotopic (exact) mass is 178 g/mol. The van der Waals surface area contributed by atoms with Crippen molar-refractivity contribution < 1.29 is 9.47 Å². The van der Waals surface area contributed by atoms with Crippen LogP contribution in [0.5, 0.6) is 5.75 Å². The van der Waals surface area contributed by atoms with Gasteiger partial charge in [0.1, 0.15) is 11.5 Å². The van der Waals surface area contributed by atoms with Crippen LogP contribution in [0.15, 0.2) is 30.3 Å². The first-order chi connectivity index (χ1) is 6.31. The van der Waals surface area contributed by atoms with Crippen LogP contribution in [-0.2, 0) is 4.74 Å². The van der Waals surface area contributed by atoms with E-state index in [9.17, 15) is 0 Å². The van der Waals surface area contributed by atoms with Crippen molar-refractivity contribution in [1.82, 2.24) is 0 Å². The van der Waals surface area contributed by atoms with E-state index in [1.165, 1.54) is 0 Å². The highest BCUT2D eigenvalue weighted by atomic mass is 16.5. The van der Waals surface area contributed by atoms with E-state index in [0.717, 1.165) is 17.1 Å². The van der Waals surface area contributed by atoms with E-state index in [0.29, 0.717) is 0 Å². The number of rotatable bonds is 3. The Morgan fingerprint density at radius 1 is 1.31 bits per heavy atom. The summed E-state index contributed by atoms with van der Waals surface area (Å²) in [5, 5.41) is 0. The molecule has 1 aromatic carbocycles. The Morgan fingerprint density at radius 3 is 2.62 bits per heavy atom. The molecule has 0 bridgehead atoms. The van der Waals surface area contributed by atoms with E-state index in [1.807, 2.05) is 37.3 Å². The van der Waals surface area contributed by atoms with Gasteiger partial charge in [-0.25, -0.2) is 0 Å². The molecule has 0 fully saturated rings. The number of allylic oxidation sites excluding steroid dienone is 1. The molecule has 0 unspecified atom stereocenters. The highest BCUT2D eigenvalue weighted by molar-refractivity contribution is 5.60. The normalized spacial score (nSPS) is 11.2. The third-order valence-corrected chi connectivity index (χ3v) is 1.84. The quantitative estimate of drug-likeness (QED) is 0.662. The van der Waals surface area contributed by atoms with Gasteiger partial charge in [-0.1, -0.05) is 12.1 Å². The summed E-state index contributed by atoms with van der Waals surface area (Å²) in [5.41, 5.74) is 1.03. The fourth-order valence-corrected chi connectivity index (χ4v) is 1.18. The standard InChI is InChI=1S/C11H14O2/c1-4-11(13-3)9-6-5-7-10(8-9)12-2/h4-8H,1-3H3. The average molecular weight is 178 g/mol. The van der Waals surface area contributed by atoms with Crippen LogP contribution in [0, 0.1) is 0 Å². The zero-order valence-electron chi connectivity index (χ0n) is 8.20. The zero-order valence-corrected chi connectivity index (χ0v) is 8.20. The van der Waals surface area contributed by atoms with Crippen molar-refractivity contribution >= 4 is 5.76 Å². The largest absolute Gasteiger partial charge is 0.497 e. The number of benzene rings is 1. The van der Waals surface area contributed by atoms with Gasteiger partial charge in [-0.05, 0) is 25.1 Å². The number of hydrogen-bond donors (Lipinski definition) is 0. The maximum absolute atomic E-state index is 5.19. The Bertz CT molecular complexity index is 303. The number of hydrogen-bond acceptors (Lipinski definition) is 2. The third kappa shape index (κ3) is 2.25. The number of ether oxygens (including phenoxy) is 2. The molecule has 1 aromatic rings. The maximum Gasteiger partial charge on any atom is 0.121 e. The smallest absolute Gasteiger partial charge is 0.121 e. The van der Waals surface area contributed by atoms with Crippen molar-refractivity contribution in [2.75, 3.05) is 14.2 Å². The molecule has 0 saturated heterocycles. The highest BCUT2D eigenvalue weighted by Gasteiger charge is 2.00. The molecule has 70 valence electrons. The van der Waals surface area contributed by atoms with Gasteiger partial charge in [-0.2, -0.15) is 0 Å². The molecule has 0 amide bonds. The molecule has 0 radical (unpaired) electrons. The Labute approximate surface area is 78.8 Å². The van der Waals surface area contributed by atoms with Crippen LogP contribution in [0.1, 0.15) is 12.5 Å². The van der Waals surface area contributed by atoms with Crippen LogP contribution in [0.4, 0.5) is 0 Å². The zero-order chi connectivity index (χ0) is 9.68. The molecular formula is C11H14O2. The Hall–Kier alpha value is -1.44. The second kappa shape index (κ2) is 4.55. The molecule has 13 heavy (non-hydrogen) atoms. The van der Waals surface area contributed by atoms with Crippen LogP contribution in [0.2, 0.25) is 0 Å². The Balaban J connectivity index is 3.00. The van der Waals surface area contributed by atoms with Crippen LogP contribution >= 0.6 is 0 Å². The fourth-order valence-electron chi connectivity index (χ4n) is 1.18. The van der Waals surface area contributed by atoms with Gasteiger partial charge in [0, 0.05) is 5.56 Å². The van der Waals surface area contributed by atoms with Gasteiger partial charge in [-0.3, -0.25) is 0 Å². The molecule has 0 heterocycles. The second-order valence-electron chi connectivity index (χ2n) is 2.59. The lowest BCUT2D eigenvalue weighted by molar-refractivity contribution is 0.368. The summed E-state index contributed by atoms with van der Waals surface area (Å²) in [4.78, 5) is 0. The van der Waals surface area contributed by atoms with Gasteiger partial charge in [0.15, 0.2) is 0 Å². The van der Waals surface area contributed by atoms with E-state index < -0.39 is 0 Å². The van der Waals surface area contributed by atoms with Gasteiger partial charge in [0.05, 0.1) is 14.2 Å². The Morgan fingerprint density at radius 2 is 2.08 bits per heavy atom. The van der Waals surface area contributed by atoms with Gasteiger partial charge in [0.2, 0.25) is 0 Å². The molecule has 0 N–H and O–H groups in total. The fraction of sp³-hybridized carbons (Fsp3) is 0.273. The van der Waals surface area contributed by atoms with Crippen LogP contribution in [0.25, 0.3) is 5.76 Å². The molecule has 0 atom stereocenters. The topological polar surface area (TPSA) is 18.5 Å². The Kier molecular flexibility index (Phi) is 3.38. The molecule has 0 aromatic heterocycles. The SMILES string of the molecule is CC=C(OC)c1cccc(OC)c1. The minimum absolute atomic E-state index is 0.842. The summed E-state index contributed by atoms with van der Waals surface area (Å²) in [6.45, 7) is 1.94. The molecule has 1 rings (SSSR count). The first kappa shape index (κ1) is 9.65. The molecule has 0 aliphatic heterocycles. The van der Waals surface area contributed by atoms with E-state index >= 15 is 0 Å². The molecular weight excluding hydrogens is 164 g/mol. The van der Waals surface area contributed by atoms with E-state index in [2.05, 4.69) is 0 Å². The summed E-state index contributed by atoms with van der Waals surface area (Å²) in [7, 11) is 3.32. The minimum Gasteiger partial charge on any atom is -0.497 e. The summed E-state index contributed by atoms with van der Waals surface area (Å²) < 4.78 is 10.3. The average Bonchev–Trinajstić information content (AvgIpc) is 2.20. The lowest BCUT2D eigenvalue weighted by Crippen LogP contribution is -1.88. The summed E-state index contributed by atoms with van der Waals surface area (Å²) >= 11 is 0. The van der Waals surface area contributed by atoms with Gasteiger partial charge >= 0.3 is 0 Å². The molecule has 0 aliphatic rings. The first-order valence-corrected chi connectivity index (χ1v) is 4.16. The molecule has 0 aliphatic carbocycles. The van der Waals surface area contributed by atoms with Gasteiger partial charge in [-0.15, -0.1) is 0 Å². The van der Waals surface area contributed by atoms with E-state index in [4.69, 9.17) is 9.47 Å². The minimum atomic E-state index is 0.842. The summed E-state index contributed by atoms with van der Waals surface area (Å²) in [6, 6.07) is 7.78. The molecule has 0 spiro atoms.